The second-order valence-electron chi connectivity index (χ2n) is 8.81. The predicted octanol–water partition coefficient (Wildman–Crippen LogP) is -0.276. The fraction of sp³-hybridized carbons (Fsp3) is 0.522. The summed E-state index contributed by atoms with van der Waals surface area (Å²) in [5.74, 6) is -2.65. The zero-order chi connectivity index (χ0) is 25.7. The summed E-state index contributed by atoms with van der Waals surface area (Å²) >= 11 is 0. The lowest BCUT2D eigenvalue weighted by Gasteiger charge is -2.45. The molecule has 12 heteroatoms. The van der Waals surface area contributed by atoms with Crippen molar-refractivity contribution in [2.45, 2.75) is 37.0 Å². The number of aromatic nitrogens is 1. The van der Waals surface area contributed by atoms with Crippen LogP contribution in [0.25, 0.3) is 10.9 Å². The molecule has 0 spiro atoms. The van der Waals surface area contributed by atoms with Crippen molar-refractivity contribution in [3.63, 3.8) is 0 Å². The number of ether oxygens (including phenoxy) is 1. The van der Waals surface area contributed by atoms with Gasteiger partial charge in [-0.15, -0.1) is 0 Å². The second-order valence-corrected chi connectivity index (χ2v) is 8.81. The van der Waals surface area contributed by atoms with E-state index in [2.05, 4.69) is 46.6 Å². The molecule has 2 unspecified atom stereocenters. The number of likely N-dealkylation sites (tertiary alicyclic amines) is 1. The summed E-state index contributed by atoms with van der Waals surface area (Å²) in [6.45, 7) is 1.47. The number of nitrogens with zero attached hydrogens (tertiary/aromatic N) is 1. The Kier molecular flexibility index (Phi) is 8.67. The van der Waals surface area contributed by atoms with Gasteiger partial charge in [-0.2, -0.15) is 0 Å². The Balaban J connectivity index is 0.000000292. The zero-order valence-electron chi connectivity index (χ0n) is 19.3. The number of carbonyl (C=O) groups excluding carboxylic acids is 1. The van der Waals surface area contributed by atoms with E-state index in [1.54, 1.807) is 0 Å². The first-order valence-electron chi connectivity index (χ1n) is 11.3. The van der Waals surface area contributed by atoms with Crippen molar-refractivity contribution in [3.05, 3.63) is 35.5 Å². The first kappa shape index (κ1) is 26.4. The quantitative estimate of drug-likeness (QED) is 0.270. The Morgan fingerprint density at radius 3 is 2.51 bits per heavy atom. The number of aliphatic carboxylic acids is 2. The highest BCUT2D eigenvalue weighted by Gasteiger charge is 2.39. The van der Waals surface area contributed by atoms with Crippen LogP contribution in [0.1, 0.15) is 23.5 Å². The molecular formula is C23H31N3O9. The van der Waals surface area contributed by atoms with Gasteiger partial charge in [0.25, 0.3) is 0 Å². The number of hydrogen-bond donors (Lipinski definition) is 7. The number of rotatable bonds is 7. The molecule has 0 radical (unpaired) electrons. The molecule has 4 rings (SSSR count). The van der Waals surface area contributed by atoms with E-state index >= 15 is 0 Å². The van der Waals surface area contributed by atoms with Crippen LogP contribution in [0.5, 0.6) is 0 Å². The molecule has 0 saturated carbocycles. The van der Waals surface area contributed by atoms with E-state index in [9.17, 15) is 14.4 Å². The molecule has 1 aromatic heterocycles. The van der Waals surface area contributed by atoms with Crippen molar-refractivity contribution >= 4 is 28.9 Å². The number of carbonyl (C=O) groups is 3. The molecule has 1 aliphatic carbocycles. The fourth-order valence-corrected chi connectivity index (χ4v) is 4.89. The smallest absolute Gasteiger partial charge is 0.407 e. The van der Waals surface area contributed by atoms with E-state index < -0.39 is 30.2 Å². The molecule has 1 fully saturated rings. The topological polar surface area (TPSA) is 193 Å². The summed E-state index contributed by atoms with van der Waals surface area (Å²) in [5.41, 5.74) is 4.08. The number of benzene rings is 1. The maximum absolute atomic E-state index is 11.6. The molecule has 1 aromatic carbocycles. The van der Waals surface area contributed by atoms with Gasteiger partial charge in [-0.1, -0.05) is 12.1 Å². The van der Waals surface area contributed by atoms with Crippen LogP contribution in [-0.4, -0.2) is 105 Å². The summed E-state index contributed by atoms with van der Waals surface area (Å²) in [4.78, 5) is 37.0. The van der Waals surface area contributed by atoms with Gasteiger partial charge in [-0.3, -0.25) is 0 Å². The summed E-state index contributed by atoms with van der Waals surface area (Å²) in [7, 11) is 2.19. The number of carboxylic acid groups (broad SMARTS) is 2. The van der Waals surface area contributed by atoms with Gasteiger partial charge in [0.15, 0.2) is 12.2 Å². The Hall–Kier alpha value is -3.19. The van der Waals surface area contributed by atoms with Crippen LogP contribution in [0.4, 0.5) is 4.79 Å². The number of nitrogens with one attached hydrogen (secondary N) is 2. The van der Waals surface area contributed by atoms with Crippen LogP contribution >= 0.6 is 0 Å². The molecule has 1 aliphatic heterocycles. The predicted molar refractivity (Wildman–Crippen MR) is 123 cm³/mol. The number of fused-ring (bicyclic) bond motifs is 2. The molecule has 5 atom stereocenters. The number of piperidine rings is 1. The van der Waals surface area contributed by atoms with Crippen molar-refractivity contribution in [1.29, 1.82) is 0 Å². The minimum Gasteiger partial charge on any atom is -0.479 e. The average Bonchev–Trinajstić information content (AvgIpc) is 3.25. The number of amides is 1. The number of aliphatic hydroxyl groups is 3. The van der Waals surface area contributed by atoms with Gasteiger partial charge in [-0.25, -0.2) is 14.4 Å². The molecule has 2 heterocycles. The first-order chi connectivity index (χ1) is 16.6. The normalized spacial score (nSPS) is 22.8. The van der Waals surface area contributed by atoms with E-state index in [-0.39, 0.29) is 13.2 Å². The summed E-state index contributed by atoms with van der Waals surface area (Å²) in [6.07, 6.45) is -0.675. The molecule has 2 aliphatic rings. The zero-order valence-corrected chi connectivity index (χ0v) is 19.3. The van der Waals surface area contributed by atoms with E-state index in [1.807, 2.05) is 0 Å². The molecule has 12 nitrogen and oxygen atoms in total. The van der Waals surface area contributed by atoms with Crippen molar-refractivity contribution in [3.8, 4) is 0 Å². The van der Waals surface area contributed by atoms with Crippen molar-refractivity contribution in [2.24, 2.45) is 5.92 Å². The van der Waals surface area contributed by atoms with E-state index in [1.165, 1.54) is 22.0 Å². The van der Waals surface area contributed by atoms with Crippen molar-refractivity contribution in [2.75, 3.05) is 33.4 Å². The molecule has 2 aromatic rings. The fourth-order valence-electron chi connectivity index (χ4n) is 4.89. The minimum absolute atomic E-state index is 0.0410. The lowest BCUT2D eigenvalue weighted by molar-refractivity contribution is -0.165. The van der Waals surface area contributed by atoms with Gasteiger partial charge in [0.05, 0.1) is 6.61 Å². The Morgan fingerprint density at radius 2 is 1.89 bits per heavy atom. The van der Waals surface area contributed by atoms with Gasteiger partial charge in [-0.05, 0) is 43.0 Å². The van der Waals surface area contributed by atoms with Gasteiger partial charge in [0.2, 0.25) is 0 Å². The molecule has 35 heavy (non-hydrogen) atoms. The number of H-pyrrole nitrogens is 1. The maximum atomic E-state index is 11.6. The standard InChI is InChI=1S/C19H25N3O3.C4H6O6/c1-22-11-12(9-21-19(24)25-6-5-23)7-15-14-3-2-4-16-18(14)13(10-20-16)8-17(15)22;5-1(3(7)8)2(6)4(9)10/h2-4,10,12,15,17,20,23H,5-9,11H2,1H3,(H,21,24);1-2,5-6H,(H,7,8)(H,9,10)/t12-,15+,17+;/m0./s1. The number of likely N-dealkylation sites (N-methyl/N-ethyl adjacent to an activating group) is 1. The van der Waals surface area contributed by atoms with Gasteiger partial charge >= 0.3 is 18.0 Å². The van der Waals surface area contributed by atoms with E-state index in [4.69, 9.17) is 30.3 Å². The van der Waals surface area contributed by atoms with Crippen LogP contribution in [0, 0.1) is 5.92 Å². The van der Waals surface area contributed by atoms with Crippen LogP contribution in [0.2, 0.25) is 0 Å². The third-order valence-corrected chi connectivity index (χ3v) is 6.48. The molecule has 192 valence electrons. The second kappa shape index (κ2) is 11.5. The van der Waals surface area contributed by atoms with E-state index in [0.29, 0.717) is 24.4 Å². The van der Waals surface area contributed by atoms with Crippen LogP contribution in [0.3, 0.4) is 0 Å². The van der Waals surface area contributed by atoms with E-state index in [0.717, 1.165) is 19.4 Å². The molecular weight excluding hydrogens is 462 g/mol. The SMILES string of the molecule is CN1C[C@H](CNC(=O)OCCO)C[C@@H]2c3cccc4[nH]cc(c34)C[C@H]21.O=C(O)C(O)C(O)C(=O)O. The Labute approximate surface area is 201 Å². The molecule has 7 N–H and O–H groups in total. The van der Waals surface area contributed by atoms with Crippen LogP contribution in [-0.2, 0) is 20.7 Å². The summed E-state index contributed by atoms with van der Waals surface area (Å²) in [6, 6.07) is 7.06. The number of carboxylic acids is 2. The monoisotopic (exact) mass is 493 g/mol. The largest absolute Gasteiger partial charge is 0.479 e. The Bertz CT molecular complexity index is 1040. The summed E-state index contributed by atoms with van der Waals surface area (Å²) in [5, 5.41) is 45.5. The van der Waals surface area contributed by atoms with Crippen LogP contribution in [0.15, 0.2) is 24.4 Å². The minimum atomic E-state index is -2.27. The molecule has 1 amide bonds. The lowest BCUT2D eigenvalue weighted by atomic mass is 9.72. The Morgan fingerprint density at radius 1 is 1.20 bits per heavy atom. The highest BCUT2D eigenvalue weighted by molar-refractivity contribution is 5.88. The number of hydrogen-bond acceptors (Lipinski definition) is 8. The van der Waals surface area contributed by atoms with Gasteiger partial charge in [0, 0.05) is 42.1 Å². The highest BCUT2D eigenvalue weighted by Crippen LogP contribution is 2.44. The average molecular weight is 494 g/mol. The number of aromatic amines is 1. The van der Waals surface area contributed by atoms with Crippen molar-refractivity contribution < 1.29 is 44.7 Å². The molecule has 0 bridgehead atoms. The first-order valence-corrected chi connectivity index (χ1v) is 11.3. The van der Waals surface area contributed by atoms with Gasteiger partial charge < -0.3 is 45.5 Å². The highest BCUT2D eigenvalue weighted by atomic mass is 16.6. The third kappa shape index (κ3) is 6.09. The van der Waals surface area contributed by atoms with Crippen molar-refractivity contribution in [1.82, 2.24) is 15.2 Å². The maximum Gasteiger partial charge on any atom is 0.407 e. The van der Waals surface area contributed by atoms with Gasteiger partial charge in [0.1, 0.15) is 6.61 Å². The van der Waals surface area contributed by atoms with Crippen LogP contribution < -0.4 is 5.32 Å². The summed E-state index contributed by atoms with van der Waals surface area (Å²) < 4.78 is 4.88. The third-order valence-electron chi connectivity index (χ3n) is 6.48. The number of alkyl carbamates (subject to hydrolysis) is 1. The lowest BCUT2D eigenvalue weighted by Crippen LogP contribution is -2.50. The number of aliphatic hydroxyl groups excluding tert-OH is 3. The molecule has 1 saturated heterocycles.